The predicted molar refractivity (Wildman–Crippen MR) is 89.4 cm³/mol. The van der Waals surface area contributed by atoms with Gasteiger partial charge in [-0.2, -0.15) is 0 Å². The summed E-state index contributed by atoms with van der Waals surface area (Å²) >= 11 is 5.20. The lowest BCUT2D eigenvalue weighted by Gasteiger charge is -2.28. The highest BCUT2D eigenvalue weighted by molar-refractivity contribution is 7.80. The topological polar surface area (TPSA) is 55.1 Å². The molecule has 2 aliphatic carbocycles. The summed E-state index contributed by atoms with van der Waals surface area (Å²) in [7, 11) is 0. The zero-order chi connectivity index (χ0) is 14.9. The van der Waals surface area contributed by atoms with Gasteiger partial charge in [-0.15, -0.1) is 0 Å². The van der Waals surface area contributed by atoms with Crippen molar-refractivity contribution in [2.75, 3.05) is 5.32 Å². The van der Waals surface area contributed by atoms with Crippen molar-refractivity contribution in [3.63, 3.8) is 0 Å². The minimum Gasteiger partial charge on any atom is -0.392 e. The van der Waals surface area contributed by atoms with Gasteiger partial charge in [-0.25, -0.2) is 0 Å². The molecule has 0 atom stereocenters. The Hall–Kier alpha value is -1.42. The molecule has 21 heavy (non-hydrogen) atoms. The van der Waals surface area contributed by atoms with Gasteiger partial charge in [0.15, 0.2) is 0 Å². The standard InChI is InChI=1S/C17H22N2OS/c18-15(21)17(10-3-4-11-17)16(20)19-14-9-5-7-12-6-1-2-8-13(12)14/h5,7,9H,1-4,6,8,10-11H2,(H2,18,21)(H,19,20). The van der Waals surface area contributed by atoms with Crippen LogP contribution in [0.2, 0.25) is 0 Å². The maximum absolute atomic E-state index is 12.8. The molecule has 0 saturated heterocycles. The molecule has 1 saturated carbocycles. The van der Waals surface area contributed by atoms with Crippen LogP contribution in [0, 0.1) is 5.41 Å². The number of anilines is 1. The van der Waals surface area contributed by atoms with Crippen LogP contribution in [-0.2, 0) is 17.6 Å². The fraction of sp³-hybridized carbons (Fsp3) is 0.529. The lowest BCUT2D eigenvalue weighted by atomic mass is 9.84. The second-order valence-corrected chi connectivity index (χ2v) is 6.70. The second kappa shape index (κ2) is 5.76. The Kier molecular flexibility index (Phi) is 3.98. The summed E-state index contributed by atoms with van der Waals surface area (Å²) in [6, 6.07) is 6.20. The van der Waals surface area contributed by atoms with Crippen molar-refractivity contribution >= 4 is 28.8 Å². The van der Waals surface area contributed by atoms with Crippen molar-refractivity contribution in [3.05, 3.63) is 29.3 Å². The largest absolute Gasteiger partial charge is 0.392 e. The van der Waals surface area contributed by atoms with Crippen LogP contribution in [0.1, 0.15) is 49.7 Å². The van der Waals surface area contributed by atoms with E-state index in [2.05, 4.69) is 11.4 Å². The summed E-state index contributed by atoms with van der Waals surface area (Å²) in [5, 5.41) is 3.13. The Morgan fingerprint density at radius 2 is 1.86 bits per heavy atom. The number of carbonyl (C=O) groups excluding carboxylic acids is 1. The molecule has 1 aromatic carbocycles. The van der Waals surface area contributed by atoms with E-state index >= 15 is 0 Å². The molecule has 2 aliphatic rings. The molecule has 0 radical (unpaired) electrons. The SMILES string of the molecule is NC(=S)C1(C(=O)Nc2cccc3c2CCCC3)CCCC1. The van der Waals surface area contributed by atoms with E-state index in [0.29, 0.717) is 4.99 Å². The molecule has 3 N–H and O–H groups in total. The highest BCUT2D eigenvalue weighted by atomic mass is 32.1. The number of nitrogens with one attached hydrogen (secondary N) is 1. The molecule has 0 unspecified atom stereocenters. The molecule has 112 valence electrons. The van der Waals surface area contributed by atoms with Gasteiger partial charge in [0.1, 0.15) is 0 Å². The molecular weight excluding hydrogens is 280 g/mol. The normalized spacial score (nSPS) is 19.8. The fourth-order valence-corrected chi connectivity index (χ4v) is 4.00. The monoisotopic (exact) mass is 302 g/mol. The molecule has 1 amide bonds. The van der Waals surface area contributed by atoms with Crippen molar-refractivity contribution in [1.82, 2.24) is 0 Å². The number of thiocarbonyl (C=S) groups is 1. The highest BCUT2D eigenvalue weighted by Gasteiger charge is 2.44. The summed E-state index contributed by atoms with van der Waals surface area (Å²) < 4.78 is 0. The summed E-state index contributed by atoms with van der Waals surface area (Å²) in [6.45, 7) is 0. The number of hydrogen-bond donors (Lipinski definition) is 2. The first-order valence-corrected chi connectivity index (χ1v) is 8.26. The van der Waals surface area contributed by atoms with Crippen molar-refractivity contribution in [1.29, 1.82) is 0 Å². The Morgan fingerprint density at radius 1 is 1.14 bits per heavy atom. The molecule has 0 heterocycles. The van der Waals surface area contributed by atoms with Crippen molar-refractivity contribution in [2.24, 2.45) is 11.1 Å². The van der Waals surface area contributed by atoms with Crippen LogP contribution in [0.25, 0.3) is 0 Å². The molecule has 0 spiro atoms. The number of nitrogens with two attached hydrogens (primary N) is 1. The van der Waals surface area contributed by atoms with E-state index in [0.717, 1.165) is 44.2 Å². The van der Waals surface area contributed by atoms with E-state index in [1.807, 2.05) is 12.1 Å². The van der Waals surface area contributed by atoms with Gasteiger partial charge in [0.05, 0.1) is 10.4 Å². The fourth-order valence-electron chi connectivity index (χ4n) is 3.70. The Bertz CT molecular complexity index is 576. The molecule has 3 nitrogen and oxygen atoms in total. The minimum absolute atomic E-state index is 0.00789. The Morgan fingerprint density at radius 3 is 2.57 bits per heavy atom. The van der Waals surface area contributed by atoms with E-state index in [1.54, 1.807) is 0 Å². The van der Waals surface area contributed by atoms with E-state index in [9.17, 15) is 4.79 Å². The van der Waals surface area contributed by atoms with Gasteiger partial charge in [-0.3, -0.25) is 4.79 Å². The van der Waals surface area contributed by atoms with E-state index in [-0.39, 0.29) is 5.91 Å². The molecule has 1 aromatic rings. The third-order valence-corrected chi connectivity index (χ3v) is 5.40. The smallest absolute Gasteiger partial charge is 0.237 e. The number of amides is 1. The van der Waals surface area contributed by atoms with Crippen molar-refractivity contribution in [3.8, 4) is 0 Å². The van der Waals surface area contributed by atoms with Crippen molar-refractivity contribution < 1.29 is 4.79 Å². The second-order valence-electron chi connectivity index (χ2n) is 6.26. The minimum atomic E-state index is -0.632. The number of fused-ring (bicyclic) bond motifs is 1. The van der Waals surface area contributed by atoms with Crippen LogP contribution in [0.3, 0.4) is 0 Å². The first kappa shape index (κ1) is 14.5. The Balaban J connectivity index is 1.86. The molecule has 1 fully saturated rings. The third kappa shape index (κ3) is 2.57. The first-order valence-electron chi connectivity index (χ1n) is 7.86. The summed E-state index contributed by atoms with van der Waals surface area (Å²) in [4.78, 5) is 13.1. The average Bonchev–Trinajstić information content (AvgIpc) is 2.98. The predicted octanol–water partition coefficient (Wildman–Crippen LogP) is 3.35. The molecule has 0 aliphatic heterocycles. The maximum atomic E-state index is 12.8. The number of rotatable bonds is 3. The number of hydrogen-bond acceptors (Lipinski definition) is 2. The lowest BCUT2D eigenvalue weighted by Crippen LogP contribution is -2.44. The van der Waals surface area contributed by atoms with Gasteiger partial charge < -0.3 is 11.1 Å². The van der Waals surface area contributed by atoms with Gasteiger partial charge in [0, 0.05) is 5.69 Å². The average molecular weight is 302 g/mol. The van der Waals surface area contributed by atoms with Gasteiger partial charge in [0.2, 0.25) is 5.91 Å². The van der Waals surface area contributed by atoms with Gasteiger partial charge in [-0.05, 0) is 55.7 Å². The highest BCUT2D eigenvalue weighted by Crippen LogP contribution is 2.40. The van der Waals surface area contributed by atoms with E-state index < -0.39 is 5.41 Å². The molecule has 4 heteroatoms. The van der Waals surface area contributed by atoms with E-state index in [4.69, 9.17) is 18.0 Å². The lowest BCUT2D eigenvalue weighted by molar-refractivity contribution is -0.122. The number of benzene rings is 1. The van der Waals surface area contributed by atoms with Crippen LogP contribution < -0.4 is 11.1 Å². The molecular formula is C17H22N2OS. The van der Waals surface area contributed by atoms with Crippen LogP contribution in [0.5, 0.6) is 0 Å². The first-order chi connectivity index (χ1) is 10.1. The van der Waals surface area contributed by atoms with Crippen LogP contribution in [0.15, 0.2) is 18.2 Å². The maximum Gasteiger partial charge on any atom is 0.237 e. The van der Waals surface area contributed by atoms with Gasteiger partial charge in [-0.1, -0.05) is 37.2 Å². The summed E-state index contributed by atoms with van der Waals surface area (Å²) in [5.41, 5.74) is 8.89. The zero-order valence-corrected chi connectivity index (χ0v) is 13.1. The van der Waals surface area contributed by atoms with Crippen molar-refractivity contribution in [2.45, 2.75) is 51.4 Å². The van der Waals surface area contributed by atoms with Crippen LogP contribution in [-0.4, -0.2) is 10.9 Å². The zero-order valence-electron chi connectivity index (χ0n) is 12.3. The van der Waals surface area contributed by atoms with Gasteiger partial charge >= 0.3 is 0 Å². The number of carbonyl (C=O) groups is 1. The molecule has 3 rings (SSSR count). The quantitative estimate of drug-likeness (QED) is 0.842. The Labute approximate surface area is 131 Å². The third-order valence-electron chi connectivity index (χ3n) is 5.01. The molecule has 0 bridgehead atoms. The van der Waals surface area contributed by atoms with E-state index in [1.165, 1.54) is 24.0 Å². The van der Waals surface area contributed by atoms with Crippen LogP contribution in [0.4, 0.5) is 5.69 Å². The van der Waals surface area contributed by atoms with Crippen LogP contribution >= 0.6 is 12.2 Å². The number of aryl methyl sites for hydroxylation is 1. The molecule has 0 aromatic heterocycles. The summed E-state index contributed by atoms with van der Waals surface area (Å²) in [6.07, 6.45) is 8.20. The summed E-state index contributed by atoms with van der Waals surface area (Å²) in [5.74, 6) is -0.00789. The van der Waals surface area contributed by atoms with Gasteiger partial charge in [0.25, 0.3) is 0 Å².